The number of benzene rings is 1. The van der Waals surface area contributed by atoms with Crippen molar-refractivity contribution in [2.24, 2.45) is 0 Å². The molecule has 15 heavy (non-hydrogen) atoms. The number of nitrogens with one attached hydrogen (secondary N) is 1. The van der Waals surface area contributed by atoms with Gasteiger partial charge in [0.05, 0.1) is 0 Å². The maximum Gasteiger partial charge on any atom is 0.214 e. The maximum absolute atomic E-state index is 7.44. The van der Waals surface area contributed by atoms with Crippen LogP contribution in [0.4, 0.5) is 10.8 Å². The average Bonchev–Trinajstić information content (AvgIpc) is 2.68. The van der Waals surface area contributed by atoms with E-state index in [1.165, 1.54) is 10.3 Å². The van der Waals surface area contributed by atoms with Gasteiger partial charge in [-0.3, -0.25) is 5.41 Å². The Kier molecular flexibility index (Phi) is 3.13. The summed E-state index contributed by atoms with van der Waals surface area (Å²) in [5.74, 6) is 0. The van der Waals surface area contributed by atoms with Crippen molar-refractivity contribution in [2.45, 2.75) is 6.92 Å². The van der Waals surface area contributed by atoms with E-state index in [1.54, 1.807) is 10.3 Å². The Bertz CT molecular complexity index is 475. The van der Waals surface area contributed by atoms with Crippen molar-refractivity contribution in [1.29, 1.82) is 5.41 Å². The molecule has 3 nitrogen and oxygen atoms in total. The van der Waals surface area contributed by atoms with E-state index in [0.717, 1.165) is 17.4 Å². The first-order valence-electron chi connectivity index (χ1n) is 4.65. The lowest BCUT2D eigenvalue weighted by atomic mass is 10.3. The molecule has 0 amide bonds. The Morgan fingerprint density at radius 2 is 2.00 bits per heavy atom. The van der Waals surface area contributed by atoms with Crippen molar-refractivity contribution in [3.8, 4) is 0 Å². The Hall–Kier alpha value is -1.20. The maximum atomic E-state index is 7.44. The van der Waals surface area contributed by atoms with E-state index in [2.05, 4.69) is 28.9 Å². The van der Waals surface area contributed by atoms with Crippen LogP contribution in [0.1, 0.15) is 6.92 Å². The van der Waals surface area contributed by atoms with Gasteiger partial charge in [0, 0.05) is 12.2 Å². The van der Waals surface area contributed by atoms with Crippen molar-refractivity contribution in [3.63, 3.8) is 0 Å². The lowest BCUT2D eigenvalue weighted by Gasteiger charge is -2.18. The summed E-state index contributed by atoms with van der Waals surface area (Å²) in [5.41, 5.74) is 1.13. The molecule has 0 spiro atoms. The fraction of sp³-hybridized carbons (Fsp3) is 0.200. The highest BCUT2D eigenvalue weighted by Crippen LogP contribution is 2.26. The molecule has 2 rings (SSSR count). The van der Waals surface area contributed by atoms with Crippen LogP contribution in [0.5, 0.6) is 0 Å². The first kappa shape index (κ1) is 10.3. The molecular weight excluding hydrogens is 226 g/mol. The van der Waals surface area contributed by atoms with E-state index >= 15 is 0 Å². The molecule has 0 fully saturated rings. The van der Waals surface area contributed by atoms with Gasteiger partial charge in [0.2, 0.25) is 9.93 Å². The number of aromatic nitrogens is 1. The van der Waals surface area contributed by atoms with Gasteiger partial charge in [-0.1, -0.05) is 18.2 Å². The molecule has 0 atom stereocenters. The number of anilines is 2. The summed E-state index contributed by atoms with van der Waals surface area (Å²) in [6.07, 6.45) is 0. The van der Waals surface area contributed by atoms with Crippen molar-refractivity contribution in [1.82, 2.24) is 4.98 Å². The molecule has 0 saturated carbocycles. The fourth-order valence-electron chi connectivity index (χ4n) is 1.34. The zero-order valence-electron chi connectivity index (χ0n) is 8.30. The van der Waals surface area contributed by atoms with Crippen molar-refractivity contribution in [2.75, 3.05) is 11.4 Å². The summed E-state index contributed by atoms with van der Waals surface area (Å²) in [6.45, 7) is 2.95. The van der Waals surface area contributed by atoms with Gasteiger partial charge < -0.3 is 4.90 Å². The van der Waals surface area contributed by atoms with Crippen LogP contribution in [0.25, 0.3) is 0 Å². The summed E-state index contributed by atoms with van der Waals surface area (Å²) in [7, 11) is 2.94. The second-order valence-electron chi connectivity index (χ2n) is 2.95. The predicted octanol–water partition coefficient (Wildman–Crippen LogP) is 2.84. The van der Waals surface area contributed by atoms with Crippen LogP contribution in [-0.2, 0) is 0 Å². The zero-order chi connectivity index (χ0) is 10.7. The SMILES string of the molecule is CCN(c1ccccc1)c1nc(=N)ss1. The first-order valence-corrected chi connectivity index (χ1v) is 6.80. The normalized spacial score (nSPS) is 10.2. The van der Waals surface area contributed by atoms with Crippen LogP contribution < -0.4 is 9.70 Å². The minimum Gasteiger partial charge on any atom is -0.317 e. The smallest absolute Gasteiger partial charge is 0.214 e. The molecule has 0 saturated heterocycles. The molecular formula is C10H11N3S2. The van der Waals surface area contributed by atoms with Gasteiger partial charge in [0.1, 0.15) is 0 Å². The highest BCUT2D eigenvalue weighted by atomic mass is 32.9. The van der Waals surface area contributed by atoms with Gasteiger partial charge in [-0.15, -0.1) is 0 Å². The van der Waals surface area contributed by atoms with Gasteiger partial charge in [0.15, 0.2) is 0 Å². The number of nitrogens with zero attached hydrogens (tertiary/aromatic N) is 2. The lowest BCUT2D eigenvalue weighted by molar-refractivity contribution is 0.998. The third-order valence-corrected chi connectivity index (χ3v) is 3.97. The number of rotatable bonds is 3. The highest BCUT2D eigenvalue weighted by molar-refractivity contribution is 7.69. The van der Waals surface area contributed by atoms with Crippen LogP contribution in [0, 0.1) is 5.41 Å². The molecule has 0 aliphatic carbocycles. The van der Waals surface area contributed by atoms with Gasteiger partial charge >= 0.3 is 0 Å². The van der Waals surface area contributed by atoms with E-state index < -0.39 is 0 Å². The summed E-state index contributed by atoms with van der Waals surface area (Å²) in [4.78, 5) is 6.68. The standard InChI is InChI=1S/C10H11N3S2/c1-2-13(8-6-4-3-5-7-8)10-12-9(11)14-15-10/h3-7,11H,2H2,1H3. The van der Waals surface area contributed by atoms with Gasteiger partial charge in [-0.05, 0) is 39.7 Å². The molecule has 0 aliphatic rings. The summed E-state index contributed by atoms with van der Waals surface area (Å²) in [5, 5.41) is 8.34. The van der Waals surface area contributed by atoms with E-state index in [9.17, 15) is 0 Å². The Morgan fingerprint density at radius 1 is 1.27 bits per heavy atom. The molecule has 5 heteroatoms. The van der Waals surface area contributed by atoms with Crippen molar-refractivity contribution >= 4 is 31.5 Å². The molecule has 0 radical (unpaired) electrons. The van der Waals surface area contributed by atoms with Crippen LogP contribution >= 0.6 is 20.7 Å². The third-order valence-electron chi connectivity index (χ3n) is 2.01. The summed E-state index contributed by atoms with van der Waals surface area (Å²) in [6, 6.07) is 10.1. The molecule has 0 aliphatic heterocycles. The van der Waals surface area contributed by atoms with Crippen LogP contribution in [0.15, 0.2) is 30.3 Å². The van der Waals surface area contributed by atoms with Crippen LogP contribution in [0.2, 0.25) is 0 Å². The minimum atomic E-state index is 0.379. The molecule has 1 N–H and O–H groups in total. The fourth-order valence-corrected chi connectivity index (χ4v) is 3.08. The average molecular weight is 237 g/mol. The quantitative estimate of drug-likeness (QED) is 0.834. The molecule has 1 aromatic heterocycles. The number of hydrogen-bond donors (Lipinski definition) is 1. The summed E-state index contributed by atoms with van der Waals surface area (Å²) >= 11 is 0. The number of para-hydroxylation sites is 1. The molecule has 1 heterocycles. The Morgan fingerprint density at radius 3 is 2.53 bits per heavy atom. The minimum absolute atomic E-state index is 0.379. The topological polar surface area (TPSA) is 40.0 Å². The summed E-state index contributed by atoms with van der Waals surface area (Å²) < 4.78 is 0. The van der Waals surface area contributed by atoms with E-state index in [-0.39, 0.29) is 0 Å². The second kappa shape index (κ2) is 4.55. The molecule has 0 unspecified atom stereocenters. The molecule has 78 valence electrons. The monoisotopic (exact) mass is 237 g/mol. The Labute approximate surface area is 95.6 Å². The third kappa shape index (κ3) is 2.24. The van der Waals surface area contributed by atoms with Gasteiger partial charge in [-0.25, -0.2) is 0 Å². The number of hydrogen-bond acceptors (Lipinski definition) is 5. The van der Waals surface area contributed by atoms with Crippen molar-refractivity contribution < 1.29 is 0 Å². The first-order chi connectivity index (χ1) is 7.31. The van der Waals surface area contributed by atoms with Gasteiger partial charge in [0.25, 0.3) is 0 Å². The zero-order valence-corrected chi connectivity index (χ0v) is 9.94. The van der Waals surface area contributed by atoms with Crippen molar-refractivity contribution in [3.05, 3.63) is 35.1 Å². The van der Waals surface area contributed by atoms with E-state index in [1.807, 2.05) is 18.2 Å². The van der Waals surface area contributed by atoms with Crippen LogP contribution in [0.3, 0.4) is 0 Å². The van der Waals surface area contributed by atoms with E-state index in [4.69, 9.17) is 5.41 Å². The predicted molar refractivity (Wildman–Crippen MR) is 65.0 cm³/mol. The highest BCUT2D eigenvalue weighted by Gasteiger charge is 2.09. The van der Waals surface area contributed by atoms with Gasteiger partial charge in [-0.2, -0.15) is 4.98 Å². The second-order valence-corrected chi connectivity index (χ2v) is 5.03. The lowest BCUT2D eigenvalue weighted by Crippen LogP contribution is -2.16. The molecule has 1 aromatic carbocycles. The van der Waals surface area contributed by atoms with Crippen LogP contribution in [-0.4, -0.2) is 11.5 Å². The Balaban J connectivity index is 2.37. The largest absolute Gasteiger partial charge is 0.317 e. The molecule has 0 bridgehead atoms. The van der Waals surface area contributed by atoms with E-state index in [0.29, 0.717) is 4.80 Å². The molecule has 2 aromatic rings.